The number of rotatable bonds is 7. The Hall–Kier alpha value is -1.27. The Morgan fingerprint density at radius 1 is 1.11 bits per heavy atom. The first-order valence-electron chi connectivity index (χ1n) is 6.12. The molecule has 4 nitrogen and oxygen atoms in total. The topological polar surface area (TPSA) is 52.6 Å². The Morgan fingerprint density at radius 3 is 2.11 bits per heavy atom. The van der Waals surface area contributed by atoms with Crippen LogP contribution in [0.15, 0.2) is 0 Å². The van der Waals surface area contributed by atoms with Gasteiger partial charge in [0.05, 0.1) is 31.5 Å². The van der Waals surface area contributed by atoms with E-state index in [1.807, 2.05) is 0 Å². The molecule has 0 rings (SSSR count). The lowest BCUT2D eigenvalue weighted by Gasteiger charge is -2.19. The van der Waals surface area contributed by atoms with Crippen LogP contribution in [0.25, 0.3) is 0 Å². The molecule has 0 bridgehead atoms. The van der Waals surface area contributed by atoms with E-state index in [0.717, 1.165) is 0 Å². The molecule has 0 aromatic rings. The first-order chi connectivity index (χ1) is 8.72. The molecule has 0 amide bonds. The minimum absolute atomic E-state index is 0.183. The van der Waals surface area contributed by atoms with Crippen molar-refractivity contribution < 1.29 is 32.2 Å². The number of esters is 2. The van der Waals surface area contributed by atoms with Crippen molar-refractivity contribution in [3.8, 4) is 0 Å². The maximum atomic E-state index is 11.9. The van der Waals surface area contributed by atoms with Crippen LogP contribution in [0.4, 0.5) is 13.2 Å². The second kappa shape index (κ2) is 8.01. The van der Waals surface area contributed by atoms with Gasteiger partial charge in [-0.05, 0) is 13.3 Å². The summed E-state index contributed by atoms with van der Waals surface area (Å²) < 4.78 is 45.1. The van der Waals surface area contributed by atoms with Crippen LogP contribution in [-0.2, 0) is 19.1 Å². The van der Waals surface area contributed by atoms with Gasteiger partial charge >= 0.3 is 18.1 Å². The highest BCUT2D eigenvalue weighted by atomic mass is 19.4. The van der Waals surface area contributed by atoms with Crippen LogP contribution in [0, 0.1) is 11.8 Å². The smallest absolute Gasteiger partial charge is 0.392 e. The van der Waals surface area contributed by atoms with Gasteiger partial charge in [0.1, 0.15) is 0 Å². The minimum atomic E-state index is -4.37. The predicted octanol–water partition coefficient (Wildman–Crippen LogP) is 2.71. The van der Waals surface area contributed by atoms with Crippen LogP contribution in [0.3, 0.4) is 0 Å². The summed E-state index contributed by atoms with van der Waals surface area (Å²) in [5, 5.41) is 0. The van der Waals surface area contributed by atoms with Crippen LogP contribution < -0.4 is 0 Å². The summed E-state index contributed by atoms with van der Waals surface area (Å²) in [4.78, 5) is 23.1. The summed E-state index contributed by atoms with van der Waals surface area (Å²) in [6.45, 7) is 4.24. The lowest BCUT2D eigenvalue weighted by Crippen LogP contribution is -2.31. The normalized spacial score (nSPS) is 14.6. The van der Waals surface area contributed by atoms with Crippen LogP contribution in [0.2, 0.25) is 0 Å². The number of halogens is 3. The lowest BCUT2D eigenvalue weighted by molar-refractivity contribution is -0.167. The third kappa shape index (κ3) is 7.03. The molecule has 0 saturated carbocycles. The molecule has 2 atom stereocenters. The Balaban J connectivity index is 4.35. The molecule has 0 aromatic carbocycles. The van der Waals surface area contributed by atoms with Gasteiger partial charge in [-0.25, -0.2) is 0 Å². The third-order valence-electron chi connectivity index (χ3n) is 2.63. The van der Waals surface area contributed by atoms with Gasteiger partial charge in [0.2, 0.25) is 0 Å². The van der Waals surface area contributed by atoms with Crippen molar-refractivity contribution in [2.45, 2.75) is 39.8 Å². The summed E-state index contributed by atoms with van der Waals surface area (Å²) in [5.74, 6) is -2.87. The summed E-state index contributed by atoms with van der Waals surface area (Å²) in [6.07, 6.45) is -5.26. The molecule has 0 aliphatic rings. The first-order valence-corrected chi connectivity index (χ1v) is 6.12. The van der Waals surface area contributed by atoms with Gasteiger partial charge in [0, 0.05) is 0 Å². The lowest BCUT2D eigenvalue weighted by atomic mass is 9.92. The Labute approximate surface area is 110 Å². The van der Waals surface area contributed by atoms with E-state index in [-0.39, 0.29) is 6.61 Å². The van der Waals surface area contributed by atoms with Crippen LogP contribution in [-0.4, -0.2) is 31.3 Å². The van der Waals surface area contributed by atoms with E-state index in [1.165, 1.54) is 6.92 Å². The maximum Gasteiger partial charge on any atom is 0.392 e. The van der Waals surface area contributed by atoms with Crippen molar-refractivity contribution in [1.82, 2.24) is 0 Å². The van der Waals surface area contributed by atoms with E-state index in [2.05, 4.69) is 4.74 Å². The number of ether oxygens (including phenoxy) is 2. The zero-order valence-electron chi connectivity index (χ0n) is 11.3. The fourth-order valence-corrected chi connectivity index (χ4v) is 1.54. The zero-order valence-corrected chi connectivity index (χ0v) is 11.3. The molecular formula is C12H19F3O4. The highest BCUT2D eigenvalue weighted by molar-refractivity contribution is 5.81. The first kappa shape index (κ1) is 17.7. The van der Waals surface area contributed by atoms with Gasteiger partial charge in [0.15, 0.2) is 0 Å². The second-order valence-electron chi connectivity index (χ2n) is 4.09. The van der Waals surface area contributed by atoms with Crippen molar-refractivity contribution in [1.29, 1.82) is 0 Å². The molecule has 2 unspecified atom stereocenters. The maximum absolute atomic E-state index is 11.9. The Bertz CT molecular complexity index is 302. The van der Waals surface area contributed by atoms with Crippen molar-refractivity contribution in [2.75, 3.05) is 13.2 Å². The molecule has 0 aliphatic heterocycles. The molecule has 7 heteroatoms. The van der Waals surface area contributed by atoms with E-state index in [4.69, 9.17) is 4.74 Å². The van der Waals surface area contributed by atoms with Crippen molar-refractivity contribution in [3.05, 3.63) is 0 Å². The van der Waals surface area contributed by atoms with E-state index in [1.54, 1.807) is 13.8 Å². The molecular weight excluding hydrogens is 265 g/mol. The summed E-state index contributed by atoms with van der Waals surface area (Å²) >= 11 is 0. The second-order valence-corrected chi connectivity index (χ2v) is 4.09. The average molecular weight is 284 g/mol. The molecule has 0 aliphatic carbocycles. The number of carbonyl (C=O) groups excluding carboxylic acids is 2. The molecule has 0 saturated heterocycles. The van der Waals surface area contributed by atoms with E-state index in [9.17, 15) is 22.8 Å². The molecule has 0 radical (unpaired) electrons. The number of hydrogen-bond donors (Lipinski definition) is 0. The SMILES string of the molecule is CCOC(=O)C(C)C(CC)C(=O)OCCC(F)(F)F. The van der Waals surface area contributed by atoms with Crippen LogP contribution in [0.1, 0.15) is 33.6 Å². The van der Waals surface area contributed by atoms with Gasteiger partial charge in [-0.2, -0.15) is 13.2 Å². The average Bonchev–Trinajstić information content (AvgIpc) is 2.28. The Kier molecular flexibility index (Phi) is 7.48. The standard InChI is InChI=1S/C12H19F3O4/c1-4-9(8(3)10(16)18-5-2)11(17)19-7-6-12(13,14)15/h8-9H,4-7H2,1-3H3. The fraction of sp³-hybridized carbons (Fsp3) is 0.833. The van der Waals surface area contributed by atoms with Crippen molar-refractivity contribution >= 4 is 11.9 Å². The minimum Gasteiger partial charge on any atom is -0.466 e. The fourth-order valence-electron chi connectivity index (χ4n) is 1.54. The van der Waals surface area contributed by atoms with Gasteiger partial charge in [0.25, 0.3) is 0 Å². The molecule has 0 fully saturated rings. The summed E-state index contributed by atoms with van der Waals surface area (Å²) in [7, 11) is 0. The van der Waals surface area contributed by atoms with Gasteiger partial charge in [-0.15, -0.1) is 0 Å². The quantitative estimate of drug-likeness (QED) is 0.674. The summed E-state index contributed by atoms with van der Waals surface area (Å²) in [5.41, 5.74) is 0. The van der Waals surface area contributed by atoms with E-state index in [0.29, 0.717) is 6.42 Å². The number of alkyl halides is 3. The van der Waals surface area contributed by atoms with Gasteiger partial charge in [-0.1, -0.05) is 13.8 Å². The number of hydrogen-bond acceptors (Lipinski definition) is 4. The summed E-state index contributed by atoms with van der Waals surface area (Å²) in [6, 6.07) is 0. The van der Waals surface area contributed by atoms with Gasteiger partial charge < -0.3 is 9.47 Å². The van der Waals surface area contributed by atoms with Crippen molar-refractivity contribution in [2.24, 2.45) is 11.8 Å². The largest absolute Gasteiger partial charge is 0.466 e. The van der Waals surface area contributed by atoms with E-state index < -0.39 is 43.0 Å². The van der Waals surface area contributed by atoms with Crippen molar-refractivity contribution in [3.63, 3.8) is 0 Å². The molecule has 0 heterocycles. The van der Waals surface area contributed by atoms with E-state index >= 15 is 0 Å². The molecule has 0 aromatic heterocycles. The molecule has 19 heavy (non-hydrogen) atoms. The van der Waals surface area contributed by atoms with Crippen LogP contribution >= 0.6 is 0 Å². The third-order valence-corrected chi connectivity index (χ3v) is 2.63. The predicted molar refractivity (Wildman–Crippen MR) is 61.2 cm³/mol. The zero-order chi connectivity index (χ0) is 15.1. The highest BCUT2D eigenvalue weighted by Crippen LogP contribution is 2.22. The number of carbonyl (C=O) groups is 2. The monoisotopic (exact) mass is 284 g/mol. The molecule has 0 N–H and O–H groups in total. The highest BCUT2D eigenvalue weighted by Gasteiger charge is 2.32. The molecule has 112 valence electrons. The van der Waals surface area contributed by atoms with Gasteiger partial charge in [-0.3, -0.25) is 9.59 Å². The van der Waals surface area contributed by atoms with Crippen LogP contribution in [0.5, 0.6) is 0 Å². The Morgan fingerprint density at radius 2 is 1.68 bits per heavy atom. The molecule has 0 spiro atoms.